The average molecular weight is 366 g/mol. The maximum atomic E-state index is 12.2. The monoisotopic (exact) mass is 365 g/mol. The maximum absolute atomic E-state index is 12.2. The molecule has 2 unspecified atom stereocenters. The van der Waals surface area contributed by atoms with Crippen molar-refractivity contribution < 1.29 is 9.53 Å². The molecule has 23 heavy (non-hydrogen) atoms. The van der Waals surface area contributed by atoms with Gasteiger partial charge in [0, 0.05) is 39.5 Å². The summed E-state index contributed by atoms with van der Waals surface area (Å²) in [4.78, 5) is 16.2. The molecule has 2 heterocycles. The summed E-state index contributed by atoms with van der Waals surface area (Å²) in [5, 5.41) is 8.04. The third-order valence-corrected chi connectivity index (χ3v) is 3.84. The lowest BCUT2D eigenvalue weighted by Crippen LogP contribution is -2.53. The van der Waals surface area contributed by atoms with Crippen LogP contribution in [0.4, 0.5) is 5.82 Å². The molecule has 1 fully saturated rings. The maximum Gasteiger partial charge on any atom is 0.241 e. The zero-order valence-electron chi connectivity index (χ0n) is 13.4. The second kappa shape index (κ2) is 10.6. The van der Waals surface area contributed by atoms with Crippen molar-refractivity contribution in [3.8, 4) is 0 Å². The first kappa shape index (κ1) is 21.9. The van der Waals surface area contributed by atoms with Crippen molar-refractivity contribution in [2.75, 3.05) is 38.8 Å². The summed E-state index contributed by atoms with van der Waals surface area (Å²) in [6.45, 7) is 1.92. The first-order valence-electron chi connectivity index (χ1n) is 7.17. The van der Waals surface area contributed by atoms with Crippen LogP contribution in [-0.4, -0.2) is 66.9 Å². The molecule has 0 spiro atoms. The SMILES string of the molecule is COCC(N)C(=O)N(C)C1CCCN(c2cccnn2)C1.Cl.Cl. The smallest absolute Gasteiger partial charge is 0.241 e. The number of likely N-dealkylation sites (N-methyl/N-ethyl adjacent to an activating group) is 1. The Hall–Kier alpha value is -1.15. The van der Waals surface area contributed by atoms with Crippen molar-refractivity contribution >= 4 is 36.5 Å². The van der Waals surface area contributed by atoms with Crippen LogP contribution in [0.2, 0.25) is 0 Å². The van der Waals surface area contributed by atoms with E-state index in [4.69, 9.17) is 10.5 Å². The predicted molar refractivity (Wildman–Crippen MR) is 94.4 cm³/mol. The summed E-state index contributed by atoms with van der Waals surface area (Å²) in [5.41, 5.74) is 5.83. The summed E-state index contributed by atoms with van der Waals surface area (Å²) in [7, 11) is 3.35. The van der Waals surface area contributed by atoms with Gasteiger partial charge in [0.15, 0.2) is 5.82 Å². The number of nitrogens with two attached hydrogens (primary N) is 1. The van der Waals surface area contributed by atoms with E-state index in [9.17, 15) is 4.79 Å². The second-order valence-corrected chi connectivity index (χ2v) is 5.33. The third kappa shape index (κ3) is 5.76. The van der Waals surface area contributed by atoms with Crippen molar-refractivity contribution in [2.45, 2.75) is 24.9 Å². The van der Waals surface area contributed by atoms with Crippen LogP contribution >= 0.6 is 24.8 Å². The number of ether oxygens (including phenoxy) is 1. The molecule has 0 saturated carbocycles. The Morgan fingerprint density at radius 3 is 2.91 bits per heavy atom. The number of rotatable bonds is 5. The highest BCUT2D eigenvalue weighted by molar-refractivity contribution is 5.85. The van der Waals surface area contributed by atoms with Crippen LogP contribution in [0, 0.1) is 0 Å². The van der Waals surface area contributed by atoms with E-state index in [2.05, 4.69) is 15.1 Å². The predicted octanol–water partition coefficient (Wildman–Crippen LogP) is 0.721. The van der Waals surface area contributed by atoms with Gasteiger partial charge in [-0.25, -0.2) is 0 Å². The molecule has 0 bridgehead atoms. The number of carbonyl (C=O) groups excluding carboxylic acids is 1. The molecule has 1 saturated heterocycles. The van der Waals surface area contributed by atoms with Crippen molar-refractivity contribution in [1.29, 1.82) is 0 Å². The quantitative estimate of drug-likeness (QED) is 0.827. The van der Waals surface area contributed by atoms with Crippen LogP contribution < -0.4 is 10.6 Å². The van der Waals surface area contributed by atoms with Crippen LogP contribution in [-0.2, 0) is 9.53 Å². The van der Waals surface area contributed by atoms with E-state index in [1.54, 1.807) is 18.2 Å². The number of hydrogen-bond donors (Lipinski definition) is 1. The van der Waals surface area contributed by atoms with E-state index < -0.39 is 6.04 Å². The Kier molecular flexibility index (Phi) is 10.1. The molecule has 0 radical (unpaired) electrons. The Morgan fingerprint density at radius 1 is 1.57 bits per heavy atom. The van der Waals surface area contributed by atoms with Gasteiger partial charge >= 0.3 is 0 Å². The molecule has 0 aliphatic carbocycles. The van der Waals surface area contributed by atoms with Crippen LogP contribution in [0.15, 0.2) is 18.3 Å². The average Bonchev–Trinajstić information content (AvgIpc) is 2.54. The Morgan fingerprint density at radius 2 is 2.30 bits per heavy atom. The number of nitrogens with zero attached hydrogens (tertiary/aromatic N) is 4. The van der Waals surface area contributed by atoms with Crippen LogP contribution in [0.25, 0.3) is 0 Å². The number of piperidine rings is 1. The number of hydrogen-bond acceptors (Lipinski definition) is 6. The molecule has 2 atom stereocenters. The molecular formula is C14H25Cl2N5O2. The third-order valence-electron chi connectivity index (χ3n) is 3.84. The van der Waals surface area contributed by atoms with E-state index in [1.807, 2.05) is 19.2 Å². The molecule has 1 aliphatic rings. The van der Waals surface area contributed by atoms with E-state index in [0.717, 1.165) is 31.7 Å². The lowest BCUT2D eigenvalue weighted by atomic mass is 10.0. The highest BCUT2D eigenvalue weighted by atomic mass is 35.5. The summed E-state index contributed by atoms with van der Waals surface area (Å²) >= 11 is 0. The summed E-state index contributed by atoms with van der Waals surface area (Å²) in [6, 6.07) is 3.34. The minimum absolute atomic E-state index is 0. The fourth-order valence-corrected chi connectivity index (χ4v) is 2.63. The Bertz CT molecular complexity index is 466. The lowest BCUT2D eigenvalue weighted by molar-refractivity contribution is -0.134. The van der Waals surface area contributed by atoms with Gasteiger partial charge in [-0.3, -0.25) is 4.79 Å². The molecule has 1 aromatic rings. The van der Waals surface area contributed by atoms with Gasteiger partial charge < -0.3 is 20.3 Å². The fraction of sp³-hybridized carbons (Fsp3) is 0.643. The molecule has 1 aromatic heterocycles. The standard InChI is InChI=1S/C14H23N5O2.2ClH/c1-18(14(20)12(15)10-21-2)11-5-4-8-19(9-11)13-6-3-7-16-17-13;;/h3,6-7,11-12H,4-5,8-10,15H2,1-2H3;2*1H. The summed E-state index contributed by atoms with van der Waals surface area (Å²) in [6.07, 6.45) is 3.64. The van der Waals surface area contributed by atoms with Gasteiger partial charge in [0.05, 0.1) is 6.61 Å². The Labute approximate surface area is 149 Å². The molecule has 1 aliphatic heterocycles. The van der Waals surface area contributed by atoms with Gasteiger partial charge in [-0.15, -0.1) is 29.9 Å². The fourth-order valence-electron chi connectivity index (χ4n) is 2.63. The van der Waals surface area contributed by atoms with E-state index in [-0.39, 0.29) is 43.4 Å². The molecule has 132 valence electrons. The number of anilines is 1. The highest BCUT2D eigenvalue weighted by Crippen LogP contribution is 2.19. The number of methoxy groups -OCH3 is 1. The van der Waals surface area contributed by atoms with E-state index in [0.29, 0.717) is 0 Å². The molecule has 0 aromatic carbocycles. The van der Waals surface area contributed by atoms with E-state index in [1.165, 1.54) is 0 Å². The Balaban J connectivity index is 0.00000242. The lowest BCUT2D eigenvalue weighted by Gasteiger charge is -2.38. The van der Waals surface area contributed by atoms with E-state index >= 15 is 0 Å². The first-order chi connectivity index (χ1) is 10.1. The van der Waals surface area contributed by atoms with Gasteiger partial charge in [-0.2, -0.15) is 5.10 Å². The topological polar surface area (TPSA) is 84.6 Å². The normalized spacial score (nSPS) is 18.4. The van der Waals surface area contributed by atoms with Crippen LogP contribution in [0.3, 0.4) is 0 Å². The van der Waals surface area contributed by atoms with Crippen molar-refractivity contribution in [3.05, 3.63) is 18.3 Å². The molecule has 2 N–H and O–H groups in total. The molecule has 7 nitrogen and oxygen atoms in total. The van der Waals surface area contributed by atoms with Crippen molar-refractivity contribution in [2.24, 2.45) is 5.73 Å². The number of amides is 1. The van der Waals surface area contributed by atoms with Gasteiger partial charge in [0.1, 0.15) is 6.04 Å². The van der Waals surface area contributed by atoms with Gasteiger partial charge in [0.2, 0.25) is 5.91 Å². The summed E-state index contributed by atoms with van der Waals surface area (Å²) in [5.74, 6) is 0.770. The molecular weight excluding hydrogens is 341 g/mol. The highest BCUT2D eigenvalue weighted by Gasteiger charge is 2.29. The minimum Gasteiger partial charge on any atom is -0.383 e. The van der Waals surface area contributed by atoms with Crippen LogP contribution in [0.1, 0.15) is 12.8 Å². The number of carbonyl (C=O) groups is 1. The number of aromatic nitrogens is 2. The van der Waals surface area contributed by atoms with Gasteiger partial charge in [0.25, 0.3) is 0 Å². The first-order valence-corrected chi connectivity index (χ1v) is 7.17. The zero-order chi connectivity index (χ0) is 15.2. The number of halogens is 2. The summed E-state index contributed by atoms with van der Waals surface area (Å²) < 4.78 is 4.95. The molecule has 2 rings (SSSR count). The van der Waals surface area contributed by atoms with Crippen molar-refractivity contribution in [3.63, 3.8) is 0 Å². The second-order valence-electron chi connectivity index (χ2n) is 5.33. The zero-order valence-corrected chi connectivity index (χ0v) is 15.1. The van der Waals surface area contributed by atoms with Crippen molar-refractivity contribution in [1.82, 2.24) is 15.1 Å². The van der Waals surface area contributed by atoms with Gasteiger partial charge in [-0.1, -0.05) is 0 Å². The molecule has 9 heteroatoms. The molecule has 1 amide bonds. The van der Waals surface area contributed by atoms with Crippen LogP contribution in [0.5, 0.6) is 0 Å². The van der Waals surface area contributed by atoms with Gasteiger partial charge in [-0.05, 0) is 25.0 Å². The largest absolute Gasteiger partial charge is 0.383 e. The minimum atomic E-state index is -0.605.